The van der Waals surface area contributed by atoms with Gasteiger partial charge in [-0.3, -0.25) is 9.59 Å². The van der Waals surface area contributed by atoms with Crippen molar-refractivity contribution in [2.24, 2.45) is 0 Å². The fourth-order valence-corrected chi connectivity index (χ4v) is 3.66. The summed E-state index contributed by atoms with van der Waals surface area (Å²) in [4.78, 5) is 28.4. The number of ether oxygens (including phenoxy) is 3. The molecule has 3 aromatic carbocycles. The van der Waals surface area contributed by atoms with E-state index in [0.29, 0.717) is 34.2 Å². The van der Waals surface area contributed by atoms with Crippen LogP contribution in [0.3, 0.4) is 0 Å². The number of methoxy groups -OCH3 is 3. The minimum Gasteiger partial charge on any atom is -0.496 e. The standard InChI is InChI=1S/C25H22N2O5/c1-30-19-13-7-4-10-16(19)22-23(26-17-11-5-8-14-20(17)31-2)25(29)27(24(22)28)18-12-6-9-15-21(18)32-3/h4-15,26H,1-3H3. The quantitative estimate of drug-likeness (QED) is 0.569. The Morgan fingerprint density at radius 2 is 1.22 bits per heavy atom. The summed E-state index contributed by atoms with van der Waals surface area (Å²) in [5.41, 5.74) is 1.73. The molecule has 0 atom stereocenters. The van der Waals surface area contributed by atoms with Gasteiger partial charge in [-0.05, 0) is 30.3 Å². The lowest BCUT2D eigenvalue weighted by Crippen LogP contribution is -2.32. The maximum atomic E-state index is 13.7. The number of anilines is 2. The van der Waals surface area contributed by atoms with Gasteiger partial charge in [-0.2, -0.15) is 0 Å². The minimum atomic E-state index is -0.508. The Balaban J connectivity index is 1.90. The SMILES string of the molecule is COc1ccccc1NC1=C(c2ccccc2OC)C(=O)N(c2ccccc2OC)C1=O. The molecular formula is C25H22N2O5. The number of carbonyl (C=O) groups is 2. The van der Waals surface area contributed by atoms with E-state index in [-0.39, 0.29) is 11.3 Å². The second-order valence-electron chi connectivity index (χ2n) is 6.89. The van der Waals surface area contributed by atoms with Gasteiger partial charge in [0.25, 0.3) is 11.8 Å². The molecule has 1 aliphatic rings. The molecule has 4 rings (SSSR count). The zero-order valence-electron chi connectivity index (χ0n) is 17.9. The van der Waals surface area contributed by atoms with Crippen molar-refractivity contribution in [1.82, 2.24) is 0 Å². The second-order valence-corrected chi connectivity index (χ2v) is 6.89. The number of rotatable bonds is 7. The lowest BCUT2D eigenvalue weighted by Gasteiger charge is -2.18. The van der Waals surface area contributed by atoms with Gasteiger partial charge in [0.15, 0.2) is 0 Å². The largest absolute Gasteiger partial charge is 0.496 e. The van der Waals surface area contributed by atoms with Crippen molar-refractivity contribution in [2.45, 2.75) is 0 Å². The van der Waals surface area contributed by atoms with Gasteiger partial charge >= 0.3 is 0 Å². The lowest BCUT2D eigenvalue weighted by molar-refractivity contribution is -0.120. The molecule has 1 N–H and O–H groups in total. The van der Waals surface area contributed by atoms with Gasteiger partial charge in [-0.1, -0.05) is 42.5 Å². The second kappa shape index (κ2) is 8.85. The van der Waals surface area contributed by atoms with Gasteiger partial charge in [-0.15, -0.1) is 0 Å². The number of nitrogens with one attached hydrogen (secondary N) is 1. The molecule has 0 spiro atoms. The fourth-order valence-electron chi connectivity index (χ4n) is 3.66. The summed E-state index contributed by atoms with van der Waals surface area (Å²) in [7, 11) is 4.55. The first kappa shape index (κ1) is 21.0. The lowest BCUT2D eigenvalue weighted by atomic mass is 10.0. The van der Waals surface area contributed by atoms with Crippen LogP contribution in [0.15, 0.2) is 78.5 Å². The average Bonchev–Trinajstić information content (AvgIpc) is 3.08. The van der Waals surface area contributed by atoms with Crippen LogP contribution in [-0.2, 0) is 9.59 Å². The van der Waals surface area contributed by atoms with E-state index in [4.69, 9.17) is 14.2 Å². The normalized spacial score (nSPS) is 13.4. The predicted molar refractivity (Wildman–Crippen MR) is 122 cm³/mol. The van der Waals surface area contributed by atoms with Crippen LogP contribution in [0.4, 0.5) is 11.4 Å². The van der Waals surface area contributed by atoms with Crippen LogP contribution in [-0.4, -0.2) is 33.1 Å². The number of hydrogen-bond acceptors (Lipinski definition) is 6. The van der Waals surface area contributed by atoms with Gasteiger partial charge in [0.1, 0.15) is 22.9 Å². The molecule has 0 saturated heterocycles. The van der Waals surface area contributed by atoms with E-state index in [0.717, 1.165) is 4.90 Å². The van der Waals surface area contributed by atoms with Crippen LogP contribution in [0.1, 0.15) is 5.56 Å². The van der Waals surface area contributed by atoms with Crippen molar-refractivity contribution in [2.75, 3.05) is 31.5 Å². The Morgan fingerprint density at radius 3 is 1.91 bits per heavy atom. The summed E-state index contributed by atoms with van der Waals surface area (Å²) in [5.74, 6) is 0.431. The van der Waals surface area contributed by atoms with Crippen molar-refractivity contribution in [3.63, 3.8) is 0 Å². The van der Waals surface area contributed by atoms with Crippen LogP contribution in [0.2, 0.25) is 0 Å². The van der Waals surface area contributed by atoms with E-state index in [1.165, 1.54) is 14.2 Å². The number of imide groups is 1. The molecule has 0 unspecified atom stereocenters. The number of hydrogen-bond donors (Lipinski definition) is 1. The third-order valence-electron chi connectivity index (χ3n) is 5.15. The number of carbonyl (C=O) groups excluding carboxylic acids is 2. The Labute approximate surface area is 185 Å². The predicted octanol–water partition coefficient (Wildman–Crippen LogP) is 4.11. The molecule has 1 heterocycles. The van der Waals surface area contributed by atoms with Crippen molar-refractivity contribution in [3.05, 3.63) is 84.1 Å². The molecule has 7 heteroatoms. The molecule has 162 valence electrons. The average molecular weight is 430 g/mol. The zero-order chi connectivity index (χ0) is 22.7. The minimum absolute atomic E-state index is 0.120. The van der Waals surface area contributed by atoms with Crippen LogP contribution in [0.25, 0.3) is 5.57 Å². The molecule has 2 amide bonds. The number of para-hydroxylation sites is 5. The summed E-state index contributed by atoms with van der Waals surface area (Å²) in [6.45, 7) is 0. The Bertz CT molecular complexity index is 1220. The van der Waals surface area contributed by atoms with E-state index in [2.05, 4.69) is 5.32 Å². The molecule has 0 aliphatic carbocycles. The van der Waals surface area contributed by atoms with Crippen LogP contribution in [0.5, 0.6) is 17.2 Å². The van der Waals surface area contributed by atoms with Gasteiger partial charge < -0.3 is 19.5 Å². The van der Waals surface area contributed by atoms with E-state index in [1.807, 2.05) is 12.1 Å². The summed E-state index contributed by atoms with van der Waals surface area (Å²) in [6.07, 6.45) is 0. The van der Waals surface area contributed by atoms with E-state index in [9.17, 15) is 9.59 Å². The highest BCUT2D eigenvalue weighted by Crippen LogP contribution is 2.40. The van der Waals surface area contributed by atoms with Gasteiger partial charge in [0.05, 0.1) is 38.3 Å². The number of benzene rings is 3. The Hall–Kier alpha value is -4.26. The van der Waals surface area contributed by atoms with Gasteiger partial charge in [0, 0.05) is 5.56 Å². The van der Waals surface area contributed by atoms with E-state index in [1.54, 1.807) is 67.8 Å². The number of amides is 2. The summed E-state index contributed by atoms with van der Waals surface area (Å²) >= 11 is 0. The first-order chi connectivity index (χ1) is 15.6. The molecule has 7 nitrogen and oxygen atoms in total. The molecule has 32 heavy (non-hydrogen) atoms. The monoisotopic (exact) mass is 430 g/mol. The van der Waals surface area contributed by atoms with Gasteiger partial charge in [-0.25, -0.2) is 4.90 Å². The Kier molecular flexibility index (Phi) is 5.81. The summed E-state index contributed by atoms with van der Waals surface area (Å²) in [5, 5.41) is 3.12. The smallest absolute Gasteiger partial charge is 0.282 e. The van der Waals surface area contributed by atoms with Crippen LogP contribution in [0, 0.1) is 0 Å². The third kappa shape index (κ3) is 3.54. The Morgan fingerprint density at radius 1 is 0.656 bits per heavy atom. The maximum Gasteiger partial charge on any atom is 0.282 e. The highest BCUT2D eigenvalue weighted by molar-refractivity contribution is 6.46. The third-order valence-corrected chi connectivity index (χ3v) is 5.15. The molecule has 0 saturated carbocycles. The fraction of sp³-hybridized carbons (Fsp3) is 0.120. The van der Waals surface area contributed by atoms with Crippen molar-refractivity contribution in [3.8, 4) is 17.2 Å². The first-order valence-corrected chi connectivity index (χ1v) is 9.90. The molecule has 0 fully saturated rings. The van der Waals surface area contributed by atoms with Crippen molar-refractivity contribution in [1.29, 1.82) is 0 Å². The summed E-state index contributed by atoms with van der Waals surface area (Å²) in [6, 6.07) is 21.1. The summed E-state index contributed by atoms with van der Waals surface area (Å²) < 4.78 is 16.3. The van der Waals surface area contributed by atoms with E-state index >= 15 is 0 Å². The highest BCUT2D eigenvalue weighted by atomic mass is 16.5. The topological polar surface area (TPSA) is 77.1 Å². The molecule has 0 bridgehead atoms. The molecule has 0 radical (unpaired) electrons. The van der Waals surface area contributed by atoms with Crippen molar-refractivity contribution >= 4 is 28.8 Å². The van der Waals surface area contributed by atoms with Crippen LogP contribution < -0.4 is 24.4 Å². The molecular weight excluding hydrogens is 408 g/mol. The van der Waals surface area contributed by atoms with E-state index < -0.39 is 11.8 Å². The highest BCUT2D eigenvalue weighted by Gasteiger charge is 2.42. The maximum absolute atomic E-state index is 13.7. The molecule has 3 aromatic rings. The van der Waals surface area contributed by atoms with Gasteiger partial charge in [0.2, 0.25) is 0 Å². The molecule has 1 aliphatic heterocycles. The molecule has 0 aromatic heterocycles. The van der Waals surface area contributed by atoms with Crippen LogP contribution >= 0.6 is 0 Å². The van der Waals surface area contributed by atoms with Crippen molar-refractivity contribution < 1.29 is 23.8 Å². The first-order valence-electron chi connectivity index (χ1n) is 9.90. The zero-order valence-corrected chi connectivity index (χ0v) is 17.9. The number of nitrogens with zero attached hydrogens (tertiary/aromatic N) is 1.